The van der Waals surface area contributed by atoms with Crippen molar-refractivity contribution < 1.29 is 9.53 Å². The number of carbonyl (C=O) groups is 1. The van der Waals surface area contributed by atoms with Crippen molar-refractivity contribution in [2.75, 3.05) is 23.0 Å². The van der Waals surface area contributed by atoms with Crippen molar-refractivity contribution in [3.63, 3.8) is 0 Å². The average molecular weight is 398 g/mol. The first kappa shape index (κ1) is 22.6. The summed E-state index contributed by atoms with van der Waals surface area (Å²) >= 11 is 0. The highest BCUT2D eigenvalue weighted by atomic mass is 16.5. The fourth-order valence-electron chi connectivity index (χ4n) is 3.90. The van der Waals surface area contributed by atoms with Gasteiger partial charge in [-0.2, -0.15) is 0 Å². The maximum Gasteiger partial charge on any atom is 0.411 e. The Morgan fingerprint density at radius 2 is 1.24 bits per heavy atom. The summed E-state index contributed by atoms with van der Waals surface area (Å²) in [6.45, 7) is 19.8. The third-order valence-electron chi connectivity index (χ3n) is 6.46. The van der Waals surface area contributed by atoms with Gasteiger partial charge in [-0.05, 0) is 112 Å². The number of benzene rings is 2. The monoisotopic (exact) mass is 397 g/mol. The Bertz CT molecular complexity index is 904. The second-order valence-electron chi connectivity index (χ2n) is 7.84. The lowest BCUT2D eigenvalue weighted by molar-refractivity contribution is 0.168. The maximum absolute atomic E-state index is 11.9. The molecule has 0 unspecified atom stereocenters. The molecule has 4 N–H and O–H groups in total. The molecule has 2 aromatic rings. The van der Waals surface area contributed by atoms with Gasteiger partial charge in [0.2, 0.25) is 0 Å². The van der Waals surface area contributed by atoms with E-state index >= 15 is 0 Å². The smallest absolute Gasteiger partial charge is 0.411 e. The minimum absolute atomic E-state index is 0.316. The van der Waals surface area contributed by atoms with E-state index < -0.39 is 6.09 Å². The van der Waals surface area contributed by atoms with Gasteiger partial charge in [0.05, 0.1) is 18.0 Å². The van der Waals surface area contributed by atoms with E-state index in [0.717, 1.165) is 28.9 Å². The number of ether oxygens (including phenoxy) is 1. The minimum Gasteiger partial charge on any atom is -0.450 e. The molecule has 5 nitrogen and oxygen atoms in total. The molecule has 158 valence electrons. The first-order valence-electron chi connectivity index (χ1n) is 10.1. The molecule has 0 saturated heterocycles. The molecule has 5 heteroatoms. The highest BCUT2D eigenvalue weighted by Gasteiger charge is 2.19. The summed E-state index contributed by atoms with van der Waals surface area (Å²) in [5.41, 5.74) is 19.6. The van der Waals surface area contributed by atoms with Crippen molar-refractivity contribution in [1.29, 1.82) is 0 Å². The van der Waals surface area contributed by atoms with Crippen LogP contribution < -0.4 is 16.4 Å². The second kappa shape index (κ2) is 8.76. The predicted molar refractivity (Wildman–Crippen MR) is 123 cm³/mol. The van der Waals surface area contributed by atoms with Crippen molar-refractivity contribution in [3.05, 3.63) is 50.1 Å². The maximum atomic E-state index is 11.9. The van der Waals surface area contributed by atoms with Gasteiger partial charge in [0.15, 0.2) is 0 Å². The normalized spacial score (nSPS) is 10.8. The van der Waals surface area contributed by atoms with Crippen molar-refractivity contribution >= 4 is 23.2 Å². The summed E-state index contributed by atoms with van der Waals surface area (Å²) in [7, 11) is 0. The van der Waals surface area contributed by atoms with Crippen LogP contribution in [0.1, 0.15) is 57.0 Å². The molecular formula is C24H35N3O2. The van der Waals surface area contributed by atoms with Crippen LogP contribution in [0.3, 0.4) is 0 Å². The summed E-state index contributed by atoms with van der Waals surface area (Å²) in [5, 5.41) is 6.40. The molecule has 0 heterocycles. The third kappa shape index (κ3) is 4.19. The fourth-order valence-corrected chi connectivity index (χ4v) is 3.90. The standard InChI is InChI=1S/C24H35N3O2/c1-10-29-24(28)27-23-18(8)17(7)22(19(9)21(23)25)26-11-20-15(5)13(3)12(2)14(4)16(20)6/h26H,10-11,25H2,1-9H3,(H,27,28). The van der Waals surface area contributed by atoms with Crippen LogP contribution in [-0.4, -0.2) is 12.7 Å². The van der Waals surface area contributed by atoms with Crippen LogP contribution in [0, 0.1) is 55.4 Å². The van der Waals surface area contributed by atoms with E-state index in [1.54, 1.807) is 6.92 Å². The van der Waals surface area contributed by atoms with Crippen LogP contribution in [0.2, 0.25) is 0 Å². The van der Waals surface area contributed by atoms with E-state index in [1.807, 2.05) is 20.8 Å². The molecule has 1 amide bonds. The van der Waals surface area contributed by atoms with Crippen LogP contribution in [-0.2, 0) is 11.3 Å². The highest BCUT2D eigenvalue weighted by molar-refractivity contribution is 5.94. The van der Waals surface area contributed by atoms with Crippen LogP contribution in [0.15, 0.2) is 0 Å². The number of amides is 1. The second-order valence-corrected chi connectivity index (χ2v) is 7.84. The van der Waals surface area contributed by atoms with Crippen molar-refractivity contribution in [3.8, 4) is 0 Å². The number of nitrogens with one attached hydrogen (secondary N) is 2. The van der Waals surface area contributed by atoms with Gasteiger partial charge in [-0.1, -0.05) is 0 Å². The van der Waals surface area contributed by atoms with Crippen LogP contribution in [0.4, 0.5) is 21.9 Å². The van der Waals surface area contributed by atoms with E-state index in [1.165, 1.54) is 33.4 Å². The van der Waals surface area contributed by atoms with Crippen LogP contribution >= 0.6 is 0 Å². The van der Waals surface area contributed by atoms with Gasteiger partial charge in [-0.25, -0.2) is 4.79 Å². The van der Waals surface area contributed by atoms with Gasteiger partial charge in [0, 0.05) is 12.2 Å². The van der Waals surface area contributed by atoms with E-state index in [0.29, 0.717) is 18.0 Å². The molecular weight excluding hydrogens is 362 g/mol. The van der Waals surface area contributed by atoms with E-state index in [9.17, 15) is 4.79 Å². The lowest BCUT2D eigenvalue weighted by Crippen LogP contribution is -2.17. The molecule has 0 atom stereocenters. The summed E-state index contributed by atoms with van der Waals surface area (Å²) < 4.78 is 5.01. The Morgan fingerprint density at radius 1 is 0.759 bits per heavy atom. The van der Waals surface area contributed by atoms with Crippen molar-refractivity contribution in [2.24, 2.45) is 0 Å². The number of rotatable bonds is 5. The number of hydrogen-bond donors (Lipinski definition) is 3. The Labute approximate surface area is 175 Å². The third-order valence-corrected chi connectivity index (χ3v) is 6.46. The Hall–Kier alpha value is -2.69. The highest BCUT2D eigenvalue weighted by Crippen LogP contribution is 2.37. The fraction of sp³-hybridized carbons (Fsp3) is 0.458. The zero-order valence-electron chi connectivity index (χ0n) is 19.3. The van der Waals surface area contributed by atoms with Gasteiger partial charge in [0.25, 0.3) is 0 Å². The molecule has 0 aliphatic carbocycles. The van der Waals surface area contributed by atoms with Crippen LogP contribution in [0.5, 0.6) is 0 Å². The minimum atomic E-state index is -0.487. The lowest BCUT2D eigenvalue weighted by atomic mass is 9.89. The number of nitrogens with two attached hydrogens (primary N) is 1. The van der Waals surface area contributed by atoms with E-state index in [4.69, 9.17) is 10.5 Å². The Kier molecular flexibility index (Phi) is 6.83. The first-order valence-corrected chi connectivity index (χ1v) is 10.1. The van der Waals surface area contributed by atoms with Crippen molar-refractivity contribution in [2.45, 2.75) is 68.9 Å². The molecule has 0 aliphatic rings. The van der Waals surface area contributed by atoms with Gasteiger partial charge in [-0.3, -0.25) is 5.32 Å². The summed E-state index contributed by atoms with van der Waals surface area (Å²) in [6.07, 6.45) is -0.487. The zero-order chi connectivity index (χ0) is 22.0. The molecule has 29 heavy (non-hydrogen) atoms. The number of hydrogen-bond acceptors (Lipinski definition) is 4. The summed E-state index contributed by atoms with van der Waals surface area (Å²) in [5.74, 6) is 0. The number of carbonyl (C=O) groups excluding carboxylic acids is 1. The Morgan fingerprint density at radius 3 is 1.76 bits per heavy atom. The van der Waals surface area contributed by atoms with Gasteiger partial charge >= 0.3 is 6.09 Å². The van der Waals surface area contributed by atoms with Crippen molar-refractivity contribution in [1.82, 2.24) is 0 Å². The SMILES string of the molecule is CCOC(=O)Nc1c(C)c(C)c(NCc2c(C)c(C)c(C)c(C)c2C)c(C)c1N. The number of anilines is 3. The molecule has 0 spiro atoms. The molecule has 0 radical (unpaired) electrons. The molecule has 0 aromatic heterocycles. The van der Waals surface area contributed by atoms with E-state index in [-0.39, 0.29) is 0 Å². The topological polar surface area (TPSA) is 76.4 Å². The Balaban J connectivity index is 2.42. The largest absolute Gasteiger partial charge is 0.450 e. The molecule has 0 fully saturated rings. The molecule has 0 bridgehead atoms. The molecule has 2 rings (SSSR count). The quantitative estimate of drug-likeness (QED) is 0.548. The van der Waals surface area contributed by atoms with Gasteiger partial charge < -0.3 is 15.8 Å². The zero-order valence-corrected chi connectivity index (χ0v) is 19.3. The molecule has 0 saturated carbocycles. The van der Waals surface area contributed by atoms with E-state index in [2.05, 4.69) is 45.3 Å². The number of nitrogen functional groups attached to an aromatic ring is 1. The lowest BCUT2D eigenvalue weighted by Gasteiger charge is -2.23. The predicted octanol–water partition coefficient (Wildman–Crippen LogP) is 5.92. The molecule has 2 aromatic carbocycles. The summed E-state index contributed by atoms with van der Waals surface area (Å²) in [6, 6.07) is 0. The van der Waals surface area contributed by atoms with Crippen LogP contribution in [0.25, 0.3) is 0 Å². The molecule has 0 aliphatic heterocycles. The first-order chi connectivity index (χ1) is 13.5. The van der Waals surface area contributed by atoms with Gasteiger partial charge in [-0.15, -0.1) is 0 Å². The average Bonchev–Trinajstić information content (AvgIpc) is 2.69. The van der Waals surface area contributed by atoms with Gasteiger partial charge in [0.1, 0.15) is 0 Å². The summed E-state index contributed by atoms with van der Waals surface area (Å²) in [4.78, 5) is 11.9.